The van der Waals surface area contributed by atoms with Crippen molar-refractivity contribution in [1.82, 2.24) is 5.32 Å². The predicted molar refractivity (Wildman–Crippen MR) is 76.1 cm³/mol. The fraction of sp³-hybridized carbons (Fsp3) is 0.500. The zero-order valence-electron chi connectivity index (χ0n) is 11.0. The topological polar surface area (TPSA) is 12.0 Å². The standard InChI is InChI=1S/C16H25N/c1-3-5-6-10-14-17-16(11-4-2)15-12-8-7-9-13-15/h4,7-9,12-13,16-17H,2-3,5-6,10-11,14H2,1H3. The van der Waals surface area contributed by atoms with Crippen LogP contribution in [0.4, 0.5) is 0 Å². The van der Waals surface area contributed by atoms with E-state index in [2.05, 4.69) is 49.2 Å². The third kappa shape index (κ3) is 5.69. The average Bonchev–Trinajstić information content (AvgIpc) is 2.38. The Hall–Kier alpha value is -1.08. The first-order valence-electron chi connectivity index (χ1n) is 6.77. The first-order chi connectivity index (χ1) is 8.38. The molecule has 0 saturated carbocycles. The molecule has 0 aromatic heterocycles. The van der Waals surface area contributed by atoms with Crippen molar-refractivity contribution in [2.24, 2.45) is 0 Å². The van der Waals surface area contributed by atoms with Gasteiger partial charge in [-0.1, -0.05) is 62.6 Å². The van der Waals surface area contributed by atoms with Gasteiger partial charge in [0.2, 0.25) is 0 Å². The Morgan fingerprint density at radius 2 is 1.94 bits per heavy atom. The lowest BCUT2D eigenvalue weighted by Gasteiger charge is -2.17. The lowest BCUT2D eigenvalue weighted by Crippen LogP contribution is -2.22. The molecule has 0 heterocycles. The zero-order valence-corrected chi connectivity index (χ0v) is 11.0. The smallest absolute Gasteiger partial charge is 0.0354 e. The minimum Gasteiger partial charge on any atom is -0.310 e. The van der Waals surface area contributed by atoms with Gasteiger partial charge in [-0.05, 0) is 24.9 Å². The van der Waals surface area contributed by atoms with Gasteiger partial charge in [-0.3, -0.25) is 0 Å². The second kappa shape index (κ2) is 9.00. The van der Waals surface area contributed by atoms with E-state index in [1.165, 1.54) is 31.2 Å². The third-order valence-corrected chi connectivity index (χ3v) is 3.03. The van der Waals surface area contributed by atoms with Crippen LogP contribution in [-0.4, -0.2) is 6.54 Å². The second-order valence-electron chi connectivity index (χ2n) is 4.50. The van der Waals surface area contributed by atoms with E-state index in [-0.39, 0.29) is 0 Å². The van der Waals surface area contributed by atoms with Gasteiger partial charge in [0.25, 0.3) is 0 Å². The Labute approximate surface area is 106 Å². The van der Waals surface area contributed by atoms with Crippen molar-refractivity contribution >= 4 is 0 Å². The first-order valence-corrected chi connectivity index (χ1v) is 6.77. The van der Waals surface area contributed by atoms with Crippen LogP contribution in [0.2, 0.25) is 0 Å². The molecule has 94 valence electrons. The highest BCUT2D eigenvalue weighted by atomic mass is 14.9. The molecular weight excluding hydrogens is 206 g/mol. The molecule has 0 saturated heterocycles. The van der Waals surface area contributed by atoms with E-state index < -0.39 is 0 Å². The Morgan fingerprint density at radius 1 is 1.18 bits per heavy atom. The molecule has 17 heavy (non-hydrogen) atoms. The van der Waals surface area contributed by atoms with Crippen LogP contribution in [-0.2, 0) is 0 Å². The van der Waals surface area contributed by atoms with Gasteiger partial charge in [0.15, 0.2) is 0 Å². The largest absolute Gasteiger partial charge is 0.310 e. The van der Waals surface area contributed by atoms with Crippen molar-refractivity contribution in [3.05, 3.63) is 48.6 Å². The Kier molecular flexibility index (Phi) is 7.40. The van der Waals surface area contributed by atoms with E-state index in [4.69, 9.17) is 0 Å². The lowest BCUT2D eigenvalue weighted by atomic mass is 10.0. The monoisotopic (exact) mass is 231 g/mol. The highest BCUT2D eigenvalue weighted by Crippen LogP contribution is 2.16. The van der Waals surface area contributed by atoms with Crippen LogP contribution in [0.3, 0.4) is 0 Å². The number of benzene rings is 1. The summed E-state index contributed by atoms with van der Waals surface area (Å²) in [5, 5.41) is 3.62. The van der Waals surface area contributed by atoms with Crippen LogP contribution in [0.5, 0.6) is 0 Å². The molecule has 0 aliphatic rings. The van der Waals surface area contributed by atoms with Gasteiger partial charge in [0.1, 0.15) is 0 Å². The van der Waals surface area contributed by atoms with Gasteiger partial charge in [-0.25, -0.2) is 0 Å². The molecule has 1 nitrogen and oxygen atoms in total. The van der Waals surface area contributed by atoms with Crippen LogP contribution in [0, 0.1) is 0 Å². The molecule has 0 aliphatic carbocycles. The molecule has 0 radical (unpaired) electrons. The molecule has 1 aromatic rings. The molecule has 1 aromatic carbocycles. The SMILES string of the molecule is C=CCC(NCCCCCC)c1ccccc1. The summed E-state index contributed by atoms with van der Waals surface area (Å²) in [6.07, 6.45) is 8.25. The van der Waals surface area contributed by atoms with E-state index >= 15 is 0 Å². The van der Waals surface area contributed by atoms with E-state index in [9.17, 15) is 0 Å². The number of nitrogens with one attached hydrogen (secondary N) is 1. The van der Waals surface area contributed by atoms with E-state index in [0.717, 1.165) is 13.0 Å². The van der Waals surface area contributed by atoms with Crippen molar-refractivity contribution in [3.63, 3.8) is 0 Å². The van der Waals surface area contributed by atoms with Crippen molar-refractivity contribution in [1.29, 1.82) is 0 Å². The van der Waals surface area contributed by atoms with Crippen molar-refractivity contribution < 1.29 is 0 Å². The maximum absolute atomic E-state index is 3.84. The molecule has 0 amide bonds. The zero-order chi connectivity index (χ0) is 12.3. The van der Waals surface area contributed by atoms with Gasteiger partial charge in [-0.2, -0.15) is 0 Å². The summed E-state index contributed by atoms with van der Waals surface area (Å²) in [6.45, 7) is 7.20. The highest BCUT2D eigenvalue weighted by Gasteiger charge is 2.07. The van der Waals surface area contributed by atoms with Crippen LogP contribution in [0.25, 0.3) is 0 Å². The average molecular weight is 231 g/mol. The van der Waals surface area contributed by atoms with E-state index in [1.54, 1.807) is 0 Å². The van der Waals surface area contributed by atoms with Crippen LogP contribution >= 0.6 is 0 Å². The van der Waals surface area contributed by atoms with Crippen LogP contribution in [0.15, 0.2) is 43.0 Å². The molecule has 0 fully saturated rings. The minimum atomic E-state index is 0.426. The van der Waals surface area contributed by atoms with Crippen molar-refractivity contribution in [3.8, 4) is 0 Å². The minimum absolute atomic E-state index is 0.426. The van der Waals surface area contributed by atoms with Crippen molar-refractivity contribution in [2.45, 2.75) is 45.1 Å². The summed E-state index contributed by atoms with van der Waals surface area (Å²) in [6, 6.07) is 11.1. The number of hydrogen-bond acceptors (Lipinski definition) is 1. The second-order valence-corrected chi connectivity index (χ2v) is 4.50. The number of unbranched alkanes of at least 4 members (excludes halogenated alkanes) is 3. The van der Waals surface area contributed by atoms with Crippen molar-refractivity contribution in [2.75, 3.05) is 6.54 Å². The summed E-state index contributed by atoms with van der Waals surface area (Å²) in [5.41, 5.74) is 1.36. The number of rotatable bonds is 9. The highest BCUT2D eigenvalue weighted by molar-refractivity contribution is 5.19. The predicted octanol–water partition coefficient (Wildman–Crippen LogP) is 4.47. The summed E-state index contributed by atoms with van der Waals surface area (Å²) < 4.78 is 0. The summed E-state index contributed by atoms with van der Waals surface area (Å²) in [7, 11) is 0. The fourth-order valence-corrected chi connectivity index (χ4v) is 2.02. The van der Waals surface area contributed by atoms with E-state index in [0.29, 0.717) is 6.04 Å². The molecule has 0 aliphatic heterocycles. The Balaban J connectivity index is 2.36. The van der Waals surface area contributed by atoms with Gasteiger partial charge in [-0.15, -0.1) is 6.58 Å². The maximum Gasteiger partial charge on any atom is 0.0354 e. The fourth-order valence-electron chi connectivity index (χ4n) is 2.02. The van der Waals surface area contributed by atoms with Crippen LogP contribution in [0.1, 0.15) is 50.6 Å². The summed E-state index contributed by atoms with van der Waals surface area (Å²) in [5.74, 6) is 0. The van der Waals surface area contributed by atoms with Crippen LogP contribution < -0.4 is 5.32 Å². The summed E-state index contributed by atoms with van der Waals surface area (Å²) >= 11 is 0. The molecule has 1 rings (SSSR count). The Bertz CT molecular complexity index is 292. The molecule has 0 bridgehead atoms. The lowest BCUT2D eigenvalue weighted by molar-refractivity contribution is 0.512. The normalized spacial score (nSPS) is 12.3. The Morgan fingerprint density at radius 3 is 2.59 bits per heavy atom. The molecule has 1 heteroatoms. The maximum atomic E-state index is 3.84. The molecule has 1 unspecified atom stereocenters. The summed E-state index contributed by atoms with van der Waals surface area (Å²) in [4.78, 5) is 0. The third-order valence-electron chi connectivity index (χ3n) is 3.03. The van der Waals surface area contributed by atoms with Gasteiger partial charge in [0.05, 0.1) is 0 Å². The molecule has 1 N–H and O–H groups in total. The van der Waals surface area contributed by atoms with Gasteiger partial charge < -0.3 is 5.32 Å². The molecule has 0 spiro atoms. The molecular formula is C16H25N. The first kappa shape index (κ1) is 14.0. The quantitative estimate of drug-likeness (QED) is 0.488. The van der Waals surface area contributed by atoms with Gasteiger partial charge >= 0.3 is 0 Å². The molecule has 1 atom stereocenters. The van der Waals surface area contributed by atoms with E-state index in [1.807, 2.05) is 6.08 Å². The van der Waals surface area contributed by atoms with Gasteiger partial charge in [0, 0.05) is 6.04 Å². The number of hydrogen-bond donors (Lipinski definition) is 1.